The average Bonchev–Trinajstić information content (AvgIpc) is 2.73. The van der Waals surface area contributed by atoms with Crippen LogP contribution in [-0.2, 0) is 9.84 Å². The van der Waals surface area contributed by atoms with E-state index < -0.39 is 9.84 Å². The fourth-order valence-electron chi connectivity index (χ4n) is 1.40. The first-order chi connectivity index (χ1) is 7.63. The van der Waals surface area contributed by atoms with Crippen molar-refractivity contribution in [1.29, 1.82) is 0 Å². The zero-order valence-corrected chi connectivity index (χ0v) is 9.27. The lowest BCUT2D eigenvalue weighted by atomic mass is 10.3. The Labute approximate surface area is 92.6 Å². The molecule has 0 spiro atoms. The van der Waals surface area contributed by atoms with Crippen molar-refractivity contribution < 1.29 is 17.9 Å². The van der Waals surface area contributed by atoms with Crippen molar-refractivity contribution in [3.63, 3.8) is 0 Å². The van der Waals surface area contributed by atoms with Gasteiger partial charge in [0.1, 0.15) is 5.52 Å². The van der Waals surface area contributed by atoms with Crippen LogP contribution in [-0.4, -0.2) is 30.9 Å². The quantitative estimate of drug-likeness (QED) is 0.863. The Morgan fingerprint density at radius 1 is 1.38 bits per heavy atom. The second kappa shape index (κ2) is 4.23. The number of aliphatic hydroxyl groups excluding tert-OH is 1. The lowest BCUT2D eigenvalue weighted by molar-refractivity contribution is 0.295. The van der Waals surface area contributed by atoms with Crippen molar-refractivity contribution in [2.75, 3.05) is 12.4 Å². The zero-order chi connectivity index (χ0) is 11.6. The van der Waals surface area contributed by atoms with E-state index in [0.29, 0.717) is 11.1 Å². The fraction of sp³-hybridized carbons (Fsp3) is 0.300. The van der Waals surface area contributed by atoms with Gasteiger partial charge in [0.25, 0.3) is 0 Å². The smallest absolute Gasteiger partial charge is 0.181 e. The predicted molar refractivity (Wildman–Crippen MR) is 57.8 cm³/mol. The minimum atomic E-state index is -3.34. The maximum Gasteiger partial charge on any atom is 0.181 e. The molecular weight excluding hydrogens is 230 g/mol. The maximum atomic E-state index is 11.8. The zero-order valence-electron chi connectivity index (χ0n) is 8.46. The standard InChI is InChI=1S/C10H11NO4S/c12-4-1-5-16(13,14)8-2-3-9-10(6-8)15-7-11-9/h2-3,6-7,12H,1,4-5H2. The molecule has 0 aliphatic rings. The summed E-state index contributed by atoms with van der Waals surface area (Å²) in [6.45, 7) is -0.135. The molecule has 0 saturated heterocycles. The van der Waals surface area contributed by atoms with Gasteiger partial charge in [-0.25, -0.2) is 13.4 Å². The molecule has 1 heterocycles. The van der Waals surface area contributed by atoms with Gasteiger partial charge in [-0.05, 0) is 18.6 Å². The van der Waals surface area contributed by atoms with Crippen molar-refractivity contribution in [2.45, 2.75) is 11.3 Å². The van der Waals surface area contributed by atoms with Crippen LogP contribution in [0.5, 0.6) is 0 Å². The Morgan fingerprint density at radius 2 is 2.19 bits per heavy atom. The average molecular weight is 241 g/mol. The van der Waals surface area contributed by atoms with E-state index in [9.17, 15) is 8.42 Å². The van der Waals surface area contributed by atoms with Gasteiger partial charge in [-0.3, -0.25) is 0 Å². The van der Waals surface area contributed by atoms with Crippen molar-refractivity contribution in [2.24, 2.45) is 0 Å². The summed E-state index contributed by atoms with van der Waals surface area (Å²) >= 11 is 0. The van der Waals surface area contributed by atoms with Crippen molar-refractivity contribution in [1.82, 2.24) is 4.98 Å². The minimum absolute atomic E-state index is 0.0663. The van der Waals surface area contributed by atoms with E-state index in [1.807, 2.05) is 0 Å². The van der Waals surface area contributed by atoms with Crippen LogP contribution in [0.15, 0.2) is 33.9 Å². The number of aromatic nitrogens is 1. The van der Waals surface area contributed by atoms with Gasteiger partial charge in [-0.15, -0.1) is 0 Å². The van der Waals surface area contributed by atoms with Gasteiger partial charge in [0.05, 0.1) is 10.6 Å². The van der Waals surface area contributed by atoms with Gasteiger partial charge in [-0.2, -0.15) is 0 Å². The Balaban J connectivity index is 2.39. The third-order valence-electron chi connectivity index (χ3n) is 2.23. The molecule has 0 saturated carbocycles. The molecule has 1 N–H and O–H groups in total. The number of aliphatic hydroxyl groups is 1. The summed E-state index contributed by atoms with van der Waals surface area (Å²) in [6.07, 6.45) is 1.51. The summed E-state index contributed by atoms with van der Waals surface area (Å²) in [6, 6.07) is 4.55. The molecule has 0 amide bonds. The van der Waals surface area contributed by atoms with Crippen LogP contribution in [0.2, 0.25) is 0 Å². The largest absolute Gasteiger partial charge is 0.443 e. The molecule has 2 aromatic rings. The Morgan fingerprint density at radius 3 is 2.94 bits per heavy atom. The van der Waals surface area contributed by atoms with Gasteiger partial charge >= 0.3 is 0 Å². The van der Waals surface area contributed by atoms with Crippen LogP contribution in [0.25, 0.3) is 11.1 Å². The molecule has 0 unspecified atom stereocenters. The number of rotatable bonds is 4. The lowest BCUT2D eigenvalue weighted by Gasteiger charge is -2.02. The summed E-state index contributed by atoms with van der Waals surface area (Å²) in [5, 5.41) is 8.62. The van der Waals surface area contributed by atoms with Crippen molar-refractivity contribution in [3.05, 3.63) is 24.6 Å². The molecule has 2 rings (SSSR count). The molecule has 1 aromatic carbocycles. The van der Waals surface area contributed by atoms with Gasteiger partial charge in [0.15, 0.2) is 21.8 Å². The number of sulfone groups is 1. The molecule has 0 atom stereocenters. The number of nitrogens with zero attached hydrogens (tertiary/aromatic N) is 1. The van der Waals surface area contributed by atoms with Gasteiger partial charge in [0.2, 0.25) is 0 Å². The highest BCUT2D eigenvalue weighted by atomic mass is 32.2. The summed E-state index contributed by atoms with van der Waals surface area (Å²) in [5.41, 5.74) is 1.08. The van der Waals surface area contributed by atoms with Crippen LogP contribution < -0.4 is 0 Å². The highest BCUT2D eigenvalue weighted by Gasteiger charge is 2.15. The Hall–Kier alpha value is -1.40. The normalized spacial score (nSPS) is 12.1. The number of fused-ring (bicyclic) bond motifs is 1. The molecule has 16 heavy (non-hydrogen) atoms. The molecule has 0 aliphatic heterocycles. The van der Waals surface area contributed by atoms with Crippen LogP contribution in [0, 0.1) is 0 Å². The highest BCUT2D eigenvalue weighted by Crippen LogP contribution is 2.19. The predicted octanol–water partition coefficient (Wildman–Crippen LogP) is 0.984. The monoisotopic (exact) mass is 241 g/mol. The second-order valence-electron chi connectivity index (χ2n) is 3.38. The fourth-order valence-corrected chi connectivity index (χ4v) is 2.71. The van der Waals surface area contributed by atoms with Gasteiger partial charge < -0.3 is 9.52 Å². The summed E-state index contributed by atoms with van der Waals surface area (Å²) in [7, 11) is -3.34. The van der Waals surface area contributed by atoms with E-state index in [2.05, 4.69) is 4.98 Å². The van der Waals surface area contributed by atoms with Crippen LogP contribution in [0.3, 0.4) is 0 Å². The van der Waals surface area contributed by atoms with Crippen molar-refractivity contribution in [3.8, 4) is 0 Å². The van der Waals surface area contributed by atoms with Crippen LogP contribution >= 0.6 is 0 Å². The van der Waals surface area contributed by atoms with E-state index in [0.717, 1.165) is 0 Å². The van der Waals surface area contributed by atoms with Crippen LogP contribution in [0.4, 0.5) is 0 Å². The van der Waals surface area contributed by atoms with E-state index >= 15 is 0 Å². The second-order valence-corrected chi connectivity index (χ2v) is 5.49. The first-order valence-electron chi connectivity index (χ1n) is 4.80. The first kappa shape index (κ1) is 11.1. The molecule has 0 fully saturated rings. The molecular formula is C10H11NO4S. The lowest BCUT2D eigenvalue weighted by Crippen LogP contribution is -2.08. The number of oxazole rings is 1. The molecule has 0 aliphatic carbocycles. The summed E-state index contributed by atoms with van der Waals surface area (Å²) < 4.78 is 28.6. The van der Waals surface area contributed by atoms with Gasteiger partial charge in [-0.1, -0.05) is 0 Å². The SMILES string of the molecule is O=S(=O)(CCCO)c1ccc2ncoc2c1. The number of hydrogen-bond acceptors (Lipinski definition) is 5. The first-order valence-corrected chi connectivity index (χ1v) is 6.45. The van der Waals surface area contributed by atoms with Crippen molar-refractivity contribution >= 4 is 20.9 Å². The minimum Gasteiger partial charge on any atom is -0.443 e. The maximum absolute atomic E-state index is 11.8. The Bertz CT molecular complexity index is 588. The van der Waals surface area contributed by atoms with E-state index in [-0.39, 0.29) is 23.7 Å². The highest BCUT2D eigenvalue weighted by molar-refractivity contribution is 7.91. The molecule has 0 radical (unpaired) electrons. The molecule has 1 aromatic heterocycles. The third kappa shape index (κ3) is 2.07. The number of hydrogen-bond donors (Lipinski definition) is 1. The van der Waals surface area contributed by atoms with E-state index in [1.165, 1.54) is 18.5 Å². The number of benzene rings is 1. The Kier molecular flexibility index (Phi) is 2.93. The van der Waals surface area contributed by atoms with E-state index in [4.69, 9.17) is 9.52 Å². The van der Waals surface area contributed by atoms with Crippen LogP contribution in [0.1, 0.15) is 6.42 Å². The summed E-state index contributed by atoms with van der Waals surface area (Å²) in [5.74, 6) is -0.0663. The molecule has 0 bridgehead atoms. The molecule has 6 heteroatoms. The summed E-state index contributed by atoms with van der Waals surface area (Å²) in [4.78, 5) is 4.10. The van der Waals surface area contributed by atoms with E-state index in [1.54, 1.807) is 6.07 Å². The third-order valence-corrected chi connectivity index (χ3v) is 4.03. The molecule has 86 valence electrons. The topological polar surface area (TPSA) is 80.4 Å². The van der Waals surface area contributed by atoms with Gasteiger partial charge in [0, 0.05) is 12.7 Å². The molecule has 5 nitrogen and oxygen atoms in total.